The average molecular weight is 363 g/mol. The van der Waals surface area contributed by atoms with E-state index < -0.39 is 10.0 Å². The largest absolute Gasteiger partial charge is 0.424 e. The van der Waals surface area contributed by atoms with Gasteiger partial charge in [-0.05, 0) is 12.1 Å². The number of hydrogen-bond donors (Lipinski definition) is 0. The highest BCUT2D eigenvalue weighted by molar-refractivity contribution is 7.91. The molecule has 2 aromatic heterocycles. The van der Waals surface area contributed by atoms with Gasteiger partial charge in [0.25, 0.3) is 10.0 Å². The van der Waals surface area contributed by atoms with E-state index in [1.54, 1.807) is 19.1 Å². The van der Waals surface area contributed by atoms with Gasteiger partial charge < -0.3 is 4.42 Å². The molecule has 3 heterocycles. The van der Waals surface area contributed by atoms with Gasteiger partial charge in [0.05, 0.1) is 10.9 Å². The van der Waals surface area contributed by atoms with Crippen LogP contribution < -0.4 is 0 Å². The zero-order valence-corrected chi connectivity index (χ0v) is 14.3. The standard InChI is InChI=1S/C12H15ClN4O3S2/c1-9-14-15-11(20-9)8-16-4-6-17(7-5-16)22(18,19)12-3-2-10(13)21-12/h2-3H,4-8H2,1H3. The molecule has 0 atom stereocenters. The van der Waals surface area contributed by atoms with Gasteiger partial charge in [0.2, 0.25) is 11.8 Å². The molecule has 0 aromatic carbocycles. The zero-order chi connectivity index (χ0) is 15.7. The molecule has 7 nitrogen and oxygen atoms in total. The number of halogens is 1. The third-order valence-electron chi connectivity index (χ3n) is 3.40. The van der Waals surface area contributed by atoms with Crippen molar-refractivity contribution >= 4 is 33.0 Å². The van der Waals surface area contributed by atoms with Crippen molar-refractivity contribution in [3.05, 3.63) is 28.3 Å². The smallest absolute Gasteiger partial charge is 0.252 e. The van der Waals surface area contributed by atoms with E-state index in [4.69, 9.17) is 16.0 Å². The Labute approximate surface area is 137 Å². The summed E-state index contributed by atoms with van der Waals surface area (Å²) in [6.07, 6.45) is 0. The van der Waals surface area contributed by atoms with E-state index in [2.05, 4.69) is 15.1 Å². The zero-order valence-electron chi connectivity index (χ0n) is 11.9. The highest BCUT2D eigenvalue weighted by Crippen LogP contribution is 2.28. The summed E-state index contributed by atoms with van der Waals surface area (Å²) in [5, 5.41) is 7.74. The van der Waals surface area contributed by atoms with E-state index >= 15 is 0 Å². The van der Waals surface area contributed by atoms with Gasteiger partial charge in [-0.1, -0.05) is 11.6 Å². The number of sulfonamides is 1. The molecule has 1 fully saturated rings. The lowest BCUT2D eigenvalue weighted by atomic mass is 10.3. The Morgan fingerprint density at radius 2 is 2.00 bits per heavy atom. The summed E-state index contributed by atoms with van der Waals surface area (Å²) < 4.78 is 32.6. The summed E-state index contributed by atoms with van der Waals surface area (Å²) in [6.45, 7) is 4.40. The van der Waals surface area contributed by atoms with Crippen molar-refractivity contribution in [3.63, 3.8) is 0 Å². The lowest BCUT2D eigenvalue weighted by Gasteiger charge is -2.32. The Morgan fingerprint density at radius 3 is 2.55 bits per heavy atom. The van der Waals surface area contributed by atoms with Crippen LogP contribution >= 0.6 is 22.9 Å². The van der Waals surface area contributed by atoms with Crippen molar-refractivity contribution < 1.29 is 12.8 Å². The van der Waals surface area contributed by atoms with E-state index in [0.717, 1.165) is 11.3 Å². The van der Waals surface area contributed by atoms with E-state index in [9.17, 15) is 8.42 Å². The molecule has 2 aromatic rings. The van der Waals surface area contributed by atoms with E-state index in [0.29, 0.717) is 53.1 Å². The summed E-state index contributed by atoms with van der Waals surface area (Å²) in [5.74, 6) is 1.09. The molecule has 22 heavy (non-hydrogen) atoms. The molecule has 3 rings (SSSR count). The Morgan fingerprint density at radius 1 is 1.27 bits per heavy atom. The van der Waals surface area contributed by atoms with Gasteiger partial charge in [0.15, 0.2) is 0 Å². The quantitative estimate of drug-likeness (QED) is 0.821. The molecule has 0 saturated carbocycles. The molecule has 0 aliphatic carbocycles. The molecule has 1 saturated heterocycles. The SMILES string of the molecule is Cc1nnc(CN2CCN(S(=O)(=O)c3ccc(Cl)s3)CC2)o1. The molecule has 0 radical (unpaired) electrons. The van der Waals surface area contributed by atoms with Gasteiger partial charge >= 0.3 is 0 Å². The van der Waals surface area contributed by atoms with E-state index in [1.165, 1.54) is 4.31 Å². The normalized spacial score (nSPS) is 17.9. The van der Waals surface area contributed by atoms with Crippen LogP contribution in [0.4, 0.5) is 0 Å². The second kappa shape index (κ2) is 6.25. The van der Waals surface area contributed by atoms with Crippen molar-refractivity contribution in [1.29, 1.82) is 0 Å². The number of nitrogens with zero attached hydrogens (tertiary/aromatic N) is 4. The number of aromatic nitrogens is 2. The number of piperazine rings is 1. The van der Waals surface area contributed by atoms with Crippen molar-refractivity contribution in [3.8, 4) is 0 Å². The number of hydrogen-bond acceptors (Lipinski definition) is 7. The predicted molar refractivity (Wildman–Crippen MR) is 82.4 cm³/mol. The predicted octanol–water partition coefficient (Wildman–Crippen LogP) is 1.60. The summed E-state index contributed by atoms with van der Waals surface area (Å²) in [4.78, 5) is 2.10. The van der Waals surface area contributed by atoms with Crippen LogP contribution in [0.25, 0.3) is 0 Å². The van der Waals surface area contributed by atoms with Crippen LogP contribution in [0.2, 0.25) is 4.34 Å². The Bertz CT molecular complexity index is 750. The molecule has 1 aliphatic rings. The average Bonchev–Trinajstić information content (AvgIpc) is 3.09. The Hall–Kier alpha value is -1.00. The van der Waals surface area contributed by atoms with Crippen molar-refractivity contribution in [2.75, 3.05) is 26.2 Å². The molecule has 0 N–H and O–H groups in total. The maximum atomic E-state index is 12.5. The molecule has 0 amide bonds. The summed E-state index contributed by atoms with van der Waals surface area (Å²) in [7, 11) is -3.44. The fourth-order valence-electron chi connectivity index (χ4n) is 2.28. The molecule has 10 heteroatoms. The molecular formula is C12H15ClN4O3S2. The topological polar surface area (TPSA) is 79.5 Å². The Balaban J connectivity index is 1.61. The maximum Gasteiger partial charge on any atom is 0.252 e. The van der Waals surface area contributed by atoms with Crippen LogP contribution in [0.15, 0.2) is 20.8 Å². The molecule has 0 bridgehead atoms. The second-order valence-electron chi connectivity index (χ2n) is 4.95. The third kappa shape index (κ3) is 3.33. The number of aryl methyl sites for hydroxylation is 1. The third-order valence-corrected chi connectivity index (χ3v) is 7.00. The monoisotopic (exact) mass is 362 g/mol. The van der Waals surface area contributed by atoms with Crippen molar-refractivity contribution in [2.45, 2.75) is 17.7 Å². The van der Waals surface area contributed by atoms with Crippen LogP contribution in [0.5, 0.6) is 0 Å². The van der Waals surface area contributed by atoms with Crippen LogP contribution in [0.1, 0.15) is 11.8 Å². The minimum atomic E-state index is -3.44. The first kappa shape index (κ1) is 15.9. The van der Waals surface area contributed by atoms with Crippen molar-refractivity contribution in [2.24, 2.45) is 0 Å². The number of rotatable bonds is 4. The van der Waals surface area contributed by atoms with Gasteiger partial charge in [-0.2, -0.15) is 4.31 Å². The van der Waals surface area contributed by atoms with E-state index in [1.807, 2.05) is 0 Å². The summed E-state index contributed by atoms with van der Waals surface area (Å²) >= 11 is 6.91. The van der Waals surface area contributed by atoms with E-state index in [-0.39, 0.29) is 0 Å². The fraction of sp³-hybridized carbons (Fsp3) is 0.500. The summed E-state index contributed by atoms with van der Waals surface area (Å²) in [6, 6.07) is 3.16. The molecular weight excluding hydrogens is 348 g/mol. The lowest BCUT2D eigenvalue weighted by Crippen LogP contribution is -2.48. The minimum absolute atomic E-state index is 0.290. The second-order valence-corrected chi connectivity index (χ2v) is 8.83. The van der Waals surface area contributed by atoms with Crippen LogP contribution in [-0.4, -0.2) is 54.0 Å². The van der Waals surface area contributed by atoms with Gasteiger partial charge in [-0.15, -0.1) is 21.5 Å². The molecule has 120 valence electrons. The van der Waals surface area contributed by atoms with Crippen LogP contribution in [0.3, 0.4) is 0 Å². The van der Waals surface area contributed by atoms with Gasteiger partial charge in [0.1, 0.15) is 4.21 Å². The van der Waals surface area contributed by atoms with Gasteiger partial charge in [-0.25, -0.2) is 8.42 Å². The first-order valence-electron chi connectivity index (χ1n) is 6.72. The van der Waals surface area contributed by atoms with Gasteiger partial charge in [-0.3, -0.25) is 4.90 Å². The minimum Gasteiger partial charge on any atom is -0.424 e. The van der Waals surface area contributed by atoms with Crippen molar-refractivity contribution in [1.82, 2.24) is 19.4 Å². The Kier molecular flexibility index (Phi) is 4.51. The molecule has 1 aliphatic heterocycles. The first-order chi connectivity index (χ1) is 10.4. The maximum absolute atomic E-state index is 12.5. The fourth-order valence-corrected chi connectivity index (χ4v) is 5.34. The van der Waals surface area contributed by atoms with Crippen LogP contribution in [-0.2, 0) is 16.6 Å². The molecule has 0 unspecified atom stereocenters. The number of thiophene rings is 1. The summed E-state index contributed by atoms with van der Waals surface area (Å²) in [5.41, 5.74) is 0. The van der Waals surface area contributed by atoms with Gasteiger partial charge in [0, 0.05) is 33.1 Å². The lowest BCUT2D eigenvalue weighted by molar-refractivity contribution is 0.168. The van der Waals surface area contributed by atoms with Crippen LogP contribution in [0, 0.1) is 6.92 Å². The first-order valence-corrected chi connectivity index (χ1v) is 9.35. The highest BCUT2D eigenvalue weighted by atomic mass is 35.5. The highest BCUT2D eigenvalue weighted by Gasteiger charge is 2.30. The molecule has 0 spiro atoms.